The molecule has 2 aromatic carbocycles. The summed E-state index contributed by atoms with van der Waals surface area (Å²) in [6, 6.07) is 12.8. The van der Waals surface area contributed by atoms with Crippen LogP contribution in [0.25, 0.3) is 0 Å². The van der Waals surface area contributed by atoms with Crippen molar-refractivity contribution in [2.45, 2.75) is 6.18 Å². The van der Waals surface area contributed by atoms with Crippen LogP contribution in [0.4, 0.5) is 18.9 Å². The first-order valence-corrected chi connectivity index (χ1v) is 6.24. The minimum Gasteiger partial charge on any atom is -0.484 e. The molecule has 0 aliphatic carbocycles. The molecular weight excluding hydrogens is 299 g/mol. The molecule has 22 heavy (non-hydrogen) atoms. The third kappa shape index (κ3) is 5.01. The molecule has 0 saturated heterocycles. The minimum absolute atomic E-state index is 0.0601. The SMILES string of the molecule is O=CNc1cc(OCC(F)(F)F)cc(Oc2ccccc2)c1. The summed E-state index contributed by atoms with van der Waals surface area (Å²) in [4.78, 5) is 10.5. The van der Waals surface area contributed by atoms with E-state index >= 15 is 0 Å². The average Bonchev–Trinajstić information content (AvgIpc) is 2.46. The summed E-state index contributed by atoms with van der Waals surface area (Å²) in [6.07, 6.45) is -4.04. The molecule has 0 saturated carbocycles. The summed E-state index contributed by atoms with van der Waals surface area (Å²) >= 11 is 0. The van der Waals surface area contributed by atoms with E-state index in [0.29, 0.717) is 12.2 Å². The number of benzene rings is 2. The molecule has 7 heteroatoms. The van der Waals surface area contributed by atoms with Crippen LogP contribution in [0.1, 0.15) is 0 Å². The fourth-order valence-corrected chi connectivity index (χ4v) is 1.66. The predicted octanol–water partition coefficient (Wildman–Crippen LogP) is 3.99. The molecule has 0 bridgehead atoms. The Balaban J connectivity index is 2.20. The standard InChI is InChI=1S/C15H12F3NO3/c16-15(17,18)9-21-13-6-11(19-10-20)7-14(8-13)22-12-4-2-1-3-5-12/h1-8,10H,9H2,(H,19,20). The van der Waals surface area contributed by atoms with Gasteiger partial charge in [0.2, 0.25) is 6.41 Å². The van der Waals surface area contributed by atoms with Crippen LogP contribution in [0.2, 0.25) is 0 Å². The van der Waals surface area contributed by atoms with Gasteiger partial charge >= 0.3 is 6.18 Å². The molecule has 0 aliphatic heterocycles. The summed E-state index contributed by atoms with van der Waals surface area (Å²) < 4.78 is 46.8. The minimum atomic E-state index is -4.45. The highest BCUT2D eigenvalue weighted by molar-refractivity contribution is 5.73. The third-order valence-electron chi connectivity index (χ3n) is 2.49. The zero-order valence-electron chi connectivity index (χ0n) is 11.3. The Morgan fingerprint density at radius 1 is 1.00 bits per heavy atom. The average molecular weight is 311 g/mol. The summed E-state index contributed by atoms with van der Waals surface area (Å²) in [5, 5.41) is 2.35. The van der Waals surface area contributed by atoms with Crippen LogP contribution in [0.3, 0.4) is 0 Å². The van der Waals surface area contributed by atoms with Gasteiger partial charge in [-0.15, -0.1) is 0 Å². The molecular formula is C15H12F3NO3. The Morgan fingerprint density at radius 2 is 1.68 bits per heavy atom. The van der Waals surface area contributed by atoms with E-state index < -0.39 is 12.8 Å². The molecule has 0 spiro atoms. The highest BCUT2D eigenvalue weighted by Crippen LogP contribution is 2.30. The lowest BCUT2D eigenvalue weighted by Gasteiger charge is -2.13. The quantitative estimate of drug-likeness (QED) is 0.821. The number of carbonyl (C=O) groups excluding carboxylic acids is 1. The van der Waals surface area contributed by atoms with Gasteiger partial charge in [-0.1, -0.05) is 18.2 Å². The van der Waals surface area contributed by atoms with E-state index in [0.717, 1.165) is 0 Å². The fraction of sp³-hybridized carbons (Fsp3) is 0.133. The summed E-state index contributed by atoms with van der Waals surface area (Å²) in [6.45, 7) is -1.43. The fourth-order valence-electron chi connectivity index (χ4n) is 1.66. The lowest BCUT2D eigenvalue weighted by Crippen LogP contribution is -2.19. The molecule has 2 aromatic rings. The van der Waals surface area contributed by atoms with E-state index in [1.807, 2.05) is 0 Å². The maximum Gasteiger partial charge on any atom is 0.422 e. The van der Waals surface area contributed by atoms with Crippen molar-refractivity contribution in [1.82, 2.24) is 0 Å². The number of amides is 1. The number of rotatable bonds is 6. The van der Waals surface area contributed by atoms with Crippen LogP contribution >= 0.6 is 0 Å². The van der Waals surface area contributed by atoms with Crippen molar-refractivity contribution in [3.8, 4) is 17.2 Å². The van der Waals surface area contributed by atoms with E-state index in [2.05, 4.69) is 10.1 Å². The Morgan fingerprint density at radius 3 is 2.32 bits per heavy atom. The summed E-state index contributed by atoms with van der Waals surface area (Å²) in [5.41, 5.74) is 0.264. The number of carbonyl (C=O) groups is 1. The van der Waals surface area contributed by atoms with Gasteiger partial charge in [0.15, 0.2) is 6.61 Å². The monoisotopic (exact) mass is 311 g/mol. The molecule has 0 aliphatic rings. The summed E-state index contributed by atoms with van der Waals surface area (Å²) in [5.74, 6) is 0.692. The van der Waals surface area contributed by atoms with Crippen molar-refractivity contribution < 1.29 is 27.4 Å². The first-order chi connectivity index (χ1) is 10.5. The Kier molecular flexibility index (Phi) is 4.88. The number of hydrogen-bond donors (Lipinski definition) is 1. The van der Waals surface area contributed by atoms with E-state index in [4.69, 9.17) is 4.74 Å². The van der Waals surface area contributed by atoms with Crippen molar-refractivity contribution in [1.29, 1.82) is 0 Å². The number of alkyl halides is 3. The van der Waals surface area contributed by atoms with Crippen LogP contribution in [0.5, 0.6) is 17.2 Å². The lowest BCUT2D eigenvalue weighted by molar-refractivity contribution is -0.153. The number of para-hydroxylation sites is 1. The second-order valence-electron chi connectivity index (χ2n) is 4.27. The number of halogens is 3. The lowest BCUT2D eigenvalue weighted by atomic mass is 10.2. The Bertz CT molecular complexity index is 630. The van der Waals surface area contributed by atoms with Crippen LogP contribution in [0, 0.1) is 0 Å². The Hall–Kier alpha value is -2.70. The molecule has 0 heterocycles. The van der Waals surface area contributed by atoms with Gasteiger partial charge in [0.1, 0.15) is 17.2 Å². The molecule has 0 fully saturated rings. The van der Waals surface area contributed by atoms with E-state index in [9.17, 15) is 18.0 Å². The molecule has 0 atom stereocenters. The predicted molar refractivity (Wildman–Crippen MR) is 74.2 cm³/mol. The molecule has 116 valence electrons. The zero-order chi connectivity index (χ0) is 16.0. The van der Waals surface area contributed by atoms with Crippen molar-refractivity contribution in [3.63, 3.8) is 0 Å². The van der Waals surface area contributed by atoms with Gasteiger partial charge in [0.25, 0.3) is 0 Å². The molecule has 2 rings (SSSR count). The van der Waals surface area contributed by atoms with Gasteiger partial charge < -0.3 is 14.8 Å². The second kappa shape index (κ2) is 6.84. The zero-order valence-corrected chi connectivity index (χ0v) is 11.3. The molecule has 4 nitrogen and oxygen atoms in total. The van der Waals surface area contributed by atoms with E-state index in [-0.39, 0.29) is 17.2 Å². The van der Waals surface area contributed by atoms with Gasteiger partial charge in [-0.05, 0) is 12.1 Å². The third-order valence-corrected chi connectivity index (χ3v) is 2.49. The highest BCUT2D eigenvalue weighted by atomic mass is 19.4. The maximum absolute atomic E-state index is 12.2. The largest absolute Gasteiger partial charge is 0.484 e. The van der Waals surface area contributed by atoms with Gasteiger partial charge in [0.05, 0.1) is 0 Å². The number of nitrogens with one attached hydrogen (secondary N) is 1. The van der Waals surface area contributed by atoms with Crippen molar-refractivity contribution >= 4 is 12.1 Å². The number of ether oxygens (including phenoxy) is 2. The van der Waals surface area contributed by atoms with Crippen LogP contribution in [0.15, 0.2) is 48.5 Å². The number of hydrogen-bond acceptors (Lipinski definition) is 3. The van der Waals surface area contributed by atoms with Crippen molar-refractivity contribution in [2.24, 2.45) is 0 Å². The maximum atomic E-state index is 12.2. The van der Waals surface area contributed by atoms with Crippen molar-refractivity contribution in [3.05, 3.63) is 48.5 Å². The molecule has 0 aromatic heterocycles. The van der Waals surface area contributed by atoms with Gasteiger partial charge in [-0.25, -0.2) is 0 Å². The van der Waals surface area contributed by atoms with Gasteiger partial charge in [0, 0.05) is 23.9 Å². The van der Waals surface area contributed by atoms with Gasteiger partial charge in [-0.3, -0.25) is 4.79 Å². The van der Waals surface area contributed by atoms with Crippen LogP contribution in [-0.2, 0) is 4.79 Å². The first-order valence-electron chi connectivity index (χ1n) is 6.24. The van der Waals surface area contributed by atoms with E-state index in [1.54, 1.807) is 30.3 Å². The first kappa shape index (κ1) is 15.7. The smallest absolute Gasteiger partial charge is 0.422 e. The van der Waals surface area contributed by atoms with Gasteiger partial charge in [-0.2, -0.15) is 13.2 Å². The number of anilines is 1. The van der Waals surface area contributed by atoms with E-state index in [1.165, 1.54) is 18.2 Å². The molecule has 0 unspecified atom stereocenters. The second-order valence-corrected chi connectivity index (χ2v) is 4.27. The molecule has 0 radical (unpaired) electrons. The molecule has 1 N–H and O–H groups in total. The summed E-state index contributed by atoms with van der Waals surface area (Å²) in [7, 11) is 0. The normalized spacial score (nSPS) is 10.9. The molecule has 1 amide bonds. The Labute approximate surface area is 124 Å². The van der Waals surface area contributed by atoms with Crippen molar-refractivity contribution in [2.75, 3.05) is 11.9 Å². The topological polar surface area (TPSA) is 47.6 Å². The van der Waals surface area contributed by atoms with Crippen LogP contribution in [-0.4, -0.2) is 19.2 Å². The van der Waals surface area contributed by atoms with Crippen LogP contribution < -0.4 is 14.8 Å². The highest BCUT2D eigenvalue weighted by Gasteiger charge is 2.28.